The van der Waals surface area contributed by atoms with E-state index in [1.807, 2.05) is 84.9 Å². The molecular weight excluding hydrogens is 658 g/mol. The highest BCUT2D eigenvalue weighted by Gasteiger charge is 2.37. The average molecular weight is 690 g/mol. The van der Waals surface area contributed by atoms with Crippen LogP contribution in [-0.4, -0.2) is 35.9 Å². The van der Waals surface area contributed by atoms with Crippen molar-refractivity contribution in [2.24, 2.45) is 4.99 Å². The molecule has 1 aliphatic rings. The number of nitrogens with zero attached hydrogens (tertiary/aromatic N) is 3. The van der Waals surface area contributed by atoms with E-state index in [0.717, 1.165) is 27.6 Å². The molecule has 2 aromatic heterocycles. The third kappa shape index (κ3) is 6.07. The highest BCUT2D eigenvalue weighted by atomic mass is 35.5. The first-order valence-electron chi connectivity index (χ1n) is 15.7. The molecule has 4 aromatic carbocycles. The van der Waals surface area contributed by atoms with E-state index in [9.17, 15) is 9.59 Å². The standard InChI is InChI=1S/C39H32ClN3O5S/c1-4-48-38(45)34-35(25-10-6-5-7-11-25)41-39-43(36(34)30-19-18-28(46-2)21-32(30)47-3)37(44)33(49-39)20-26-23-42(31-13-9-8-12-29(26)31)22-24-14-16-27(40)17-15-24/h5-21,23,36H,4,22H2,1-3H3/b33-20-/t36-/m0/s1. The van der Waals surface area contributed by atoms with Crippen molar-refractivity contribution >= 4 is 51.6 Å². The van der Waals surface area contributed by atoms with Crippen LogP contribution in [-0.2, 0) is 16.1 Å². The minimum Gasteiger partial charge on any atom is -0.497 e. The number of hydrogen-bond donors (Lipinski definition) is 0. The summed E-state index contributed by atoms with van der Waals surface area (Å²) in [6.07, 6.45) is 3.96. The molecule has 0 fully saturated rings. The van der Waals surface area contributed by atoms with Crippen molar-refractivity contribution in [3.63, 3.8) is 0 Å². The lowest BCUT2D eigenvalue weighted by Crippen LogP contribution is -2.40. The van der Waals surface area contributed by atoms with E-state index < -0.39 is 12.0 Å². The number of benzene rings is 4. The summed E-state index contributed by atoms with van der Waals surface area (Å²) in [5, 5.41) is 1.69. The first-order chi connectivity index (χ1) is 23.9. The Morgan fingerprint density at radius 1 is 0.959 bits per heavy atom. The molecule has 0 amide bonds. The highest BCUT2D eigenvalue weighted by Crippen LogP contribution is 2.40. The molecule has 0 radical (unpaired) electrons. The van der Waals surface area contributed by atoms with Gasteiger partial charge in [-0.15, -0.1) is 0 Å². The summed E-state index contributed by atoms with van der Waals surface area (Å²) < 4.78 is 21.1. The van der Waals surface area contributed by atoms with Gasteiger partial charge in [0.15, 0.2) is 4.80 Å². The maximum Gasteiger partial charge on any atom is 0.338 e. The number of esters is 1. The fourth-order valence-corrected chi connectivity index (χ4v) is 7.35. The minimum atomic E-state index is -0.889. The summed E-state index contributed by atoms with van der Waals surface area (Å²) in [7, 11) is 3.12. The van der Waals surface area contributed by atoms with Crippen LogP contribution in [0.25, 0.3) is 22.7 Å². The maximum absolute atomic E-state index is 14.6. The molecule has 0 saturated carbocycles. The molecule has 0 N–H and O–H groups in total. The number of ether oxygens (including phenoxy) is 3. The van der Waals surface area contributed by atoms with Crippen molar-refractivity contribution in [2.75, 3.05) is 20.8 Å². The second-order valence-electron chi connectivity index (χ2n) is 11.4. The number of carbonyl (C=O) groups excluding carboxylic acids is 1. The number of halogens is 1. The number of carbonyl (C=O) groups is 1. The number of aromatic nitrogens is 2. The molecule has 246 valence electrons. The van der Waals surface area contributed by atoms with Crippen molar-refractivity contribution in [1.82, 2.24) is 9.13 Å². The van der Waals surface area contributed by atoms with Gasteiger partial charge >= 0.3 is 5.97 Å². The summed E-state index contributed by atoms with van der Waals surface area (Å²) in [6, 6.07) is 29.8. The minimum absolute atomic E-state index is 0.154. The highest BCUT2D eigenvalue weighted by molar-refractivity contribution is 7.07. The molecule has 0 bridgehead atoms. The zero-order valence-corrected chi connectivity index (χ0v) is 28.6. The molecule has 0 saturated heterocycles. The zero-order valence-electron chi connectivity index (χ0n) is 27.1. The van der Waals surface area contributed by atoms with Crippen LogP contribution < -0.4 is 24.4 Å². The number of thiazole rings is 1. The van der Waals surface area contributed by atoms with Gasteiger partial charge in [-0.25, -0.2) is 9.79 Å². The fourth-order valence-electron chi connectivity index (χ4n) is 6.23. The lowest BCUT2D eigenvalue weighted by Gasteiger charge is -2.27. The van der Waals surface area contributed by atoms with Gasteiger partial charge in [0.1, 0.15) is 17.5 Å². The van der Waals surface area contributed by atoms with Crippen LogP contribution in [0, 0.1) is 0 Å². The molecule has 1 aliphatic heterocycles. The Balaban J connectivity index is 1.47. The van der Waals surface area contributed by atoms with Crippen molar-refractivity contribution in [2.45, 2.75) is 19.5 Å². The smallest absolute Gasteiger partial charge is 0.338 e. The molecular formula is C39H32ClN3O5S. The SMILES string of the molecule is CCOC(=O)C1=C(c2ccccc2)N=c2s/c(=C\c3cn(Cc4ccc(Cl)cc4)c4ccccc34)c(=O)n2[C@H]1c1ccc(OC)cc1OC. The third-order valence-electron chi connectivity index (χ3n) is 8.48. The van der Waals surface area contributed by atoms with Crippen molar-refractivity contribution < 1.29 is 19.0 Å². The average Bonchev–Trinajstić information content (AvgIpc) is 3.64. The van der Waals surface area contributed by atoms with E-state index in [2.05, 4.69) is 16.8 Å². The maximum atomic E-state index is 14.6. The number of fused-ring (bicyclic) bond motifs is 2. The second-order valence-corrected chi connectivity index (χ2v) is 12.8. The Hall–Kier alpha value is -5.38. The molecule has 0 unspecified atom stereocenters. The van der Waals surface area contributed by atoms with Crippen LogP contribution in [0.1, 0.15) is 35.2 Å². The van der Waals surface area contributed by atoms with E-state index in [-0.39, 0.29) is 17.7 Å². The van der Waals surface area contributed by atoms with E-state index in [0.29, 0.717) is 43.7 Å². The van der Waals surface area contributed by atoms with Crippen LogP contribution in [0.3, 0.4) is 0 Å². The van der Waals surface area contributed by atoms with Gasteiger partial charge < -0.3 is 18.8 Å². The second kappa shape index (κ2) is 13.6. The number of methoxy groups -OCH3 is 2. The Bertz CT molecular complexity index is 2410. The van der Waals surface area contributed by atoms with Gasteiger partial charge in [0.2, 0.25) is 0 Å². The van der Waals surface area contributed by atoms with Gasteiger partial charge in [0.05, 0.1) is 36.6 Å². The molecule has 0 aliphatic carbocycles. The zero-order chi connectivity index (χ0) is 34.1. The van der Waals surface area contributed by atoms with Crippen LogP contribution >= 0.6 is 22.9 Å². The number of hydrogen-bond acceptors (Lipinski definition) is 7. The summed E-state index contributed by atoms with van der Waals surface area (Å²) in [6.45, 7) is 2.54. The lowest BCUT2D eigenvalue weighted by atomic mass is 9.92. The summed E-state index contributed by atoms with van der Waals surface area (Å²) in [5.41, 5.74) is 4.76. The van der Waals surface area contributed by atoms with Crippen LogP contribution in [0.2, 0.25) is 5.02 Å². The van der Waals surface area contributed by atoms with Crippen molar-refractivity contribution in [3.8, 4) is 11.5 Å². The van der Waals surface area contributed by atoms with Crippen LogP contribution in [0.15, 0.2) is 119 Å². The Labute approximate surface area is 291 Å². The van der Waals surface area contributed by atoms with E-state index in [1.54, 1.807) is 37.8 Å². The van der Waals surface area contributed by atoms with E-state index >= 15 is 0 Å². The molecule has 10 heteroatoms. The van der Waals surface area contributed by atoms with E-state index in [1.165, 1.54) is 11.3 Å². The fraction of sp³-hybridized carbons (Fsp3) is 0.154. The van der Waals surface area contributed by atoms with Crippen LogP contribution in [0.5, 0.6) is 11.5 Å². The Morgan fingerprint density at radius 3 is 2.45 bits per heavy atom. The number of rotatable bonds is 9. The Morgan fingerprint density at radius 2 is 1.71 bits per heavy atom. The topological polar surface area (TPSA) is 84.1 Å². The monoisotopic (exact) mass is 689 g/mol. The predicted octanol–water partition coefficient (Wildman–Crippen LogP) is 6.61. The molecule has 49 heavy (non-hydrogen) atoms. The third-order valence-corrected chi connectivity index (χ3v) is 9.72. The van der Waals surface area contributed by atoms with Gasteiger partial charge in [-0.3, -0.25) is 9.36 Å². The summed E-state index contributed by atoms with van der Waals surface area (Å²) >= 11 is 7.41. The van der Waals surface area contributed by atoms with Gasteiger partial charge in [-0.05, 0) is 48.9 Å². The molecule has 3 heterocycles. The lowest BCUT2D eigenvalue weighted by molar-refractivity contribution is -0.138. The van der Waals surface area contributed by atoms with Gasteiger partial charge in [0, 0.05) is 51.4 Å². The first kappa shape index (κ1) is 32.2. The molecule has 6 aromatic rings. The van der Waals surface area contributed by atoms with Gasteiger partial charge in [0.25, 0.3) is 5.56 Å². The quantitative estimate of drug-likeness (QED) is 0.160. The first-order valence-corrected chi connectivity index (χ1v) is 16.9. The molecule has 8 nitrogen and oxygen atoms in total. The number of para-hydroxylation sites is 1. The van der Waals surface area contributed by atoms with Crippen molar-refractivity contribution in [3.05, 3.63) is 156 Å². The molecule has 1 atom stereocenters. The van der Waals surface area contributed by atoms with Crippen LogP contribution in [0.4, 0.5) is 0 Å². The van der Waals surface area contributed by atoms with Crippen molar-refractivity contribution in [1.29, 1.82) is 0 Å². The normalized spacial score (nSPS) is 14.4. The molecule has 0 spiro atoms. The predicted molar refractivity (Wildman–Crippen MR) is 193 cm³/mol. The summed E-state index contributed by atoms with van der Waals surface area (Å²) in [5.74, 6) is 0.473. The molecule has 7 rings (SSSR count). The Kier molecular flexibility index (Phi) is 8.95. The van der Waals surface area contributed by atoms with Gasteiger partial charge in [-0.1, -0.05) is 83.6 Å². The largest absolute Gasteiger partial charge is 0.497 e. The summed E-state index contributed by atoms with van der Waals surface area (Å²) in [4.78, 5) is 33.9. The van der Waals surface area contributed by atoms with Gasteiger partial charge in [-0.2, -0.15) is 0 Å². The van der Waals surface area contributed by atoms with E-state index in [4.69, 9.17) is 30.8 Å².